The summed E-state index contributed by atoms with van der Waals surface area (Å²) in [6.07, 6.45) is 3.74. The van der Waals surface area contributed by atoms with E-state index in [4.69, 9.17) is 5.73 Å². The van der Waals surface area contributed by atoms with Crippen LogP contribution in [-0.4, -0.2) is 9.55 Å². The van der Waals surface area contributed by atoms with E-state index in [0.29, 0.717) is 0 Å². The van der Waals surface area contributed by atoms with Crippen LogP contribution in [0.25, 0.3) is 5.00 Å². The number of aromatic nitrogens is 2. The Balaban J connectivity index is 2.50. The Labute approximate surface area is 74.5 Å². The molecule has 12 heavy (non-hydrogen) atoms. The number of rotatable bonds is 1. The first-order valence-corrected chi connectivity index (χ1v) is 4.49. The highest BCUT2D eigenvalue weighted by atomic mass is 32.1. The molecule has 2 heterocycles. The largest absolute Gasteiger partial charge is 0.396 e. The zero-order chi connectivity index (χ0) is 8.55. The van der Waals surface area contributed by atoms with Crippen LogP contribution in [0, 0.1) is 6.92 Å². The van der Waals surface area contributed by atoms with Gasteiger partial charge in [0.2, 0.25) is 0 Å². The maximum Gasteiger partial charge on any atom is 0.124 e. The number of thiophene rings is 1. The minimum absolute atomic E-state index is 0.803. The molecule has 3 nitrogen and oxygen atoms in total. The monoisotopic (exact) mass is 179 g/mol. The van der Waals surface area contributed by atoms with Crippen LogP contribution in [0.5, 0.6) is 0 Å². The summed E-state index contributed by atoms with van der Waals surface area (Å²) in [6, 6.07) is 1.90. The summed E-state index contributed by atoms with van der Waals surface area (Å²) in [5.41, 5.74) is 7.55. The Morgan fingerprint density at radius 1 is 1.58 bits per heavy atom. The molecule has 0 bridgehead atoms. The van der Waals surface area contributed by atoms with Crippen molar-refractivity contribution in [1.82, 2.24) is 9.55 Å². The van der Waals surface area contributed by atoms with Crippen LogP contribution in [0.4, 0.5) is 5.69 Å². The summed E-state index contributed by atoms with van der Waals surface area (Å²) in [5.74, 6) is 0. The standard InChI is InChI=1S/C8H9N3S/c1-6-4-11(5-10-6)8-7(9)2-3-12-8/h2-5H,9H2,1H3. The maximum atomic E-state index is 5.74. The first-order valence-electron chi connectivity index (χ1n) is 3.61. The molecule has 0 spiro atoms. The highest BCUT2D eigenvalue weighted by molar-refractivity contribution is 7.13. The van der Waals surface area contributed by atoms with Gasteiger partial charge in [-0.25, -0.2) is 4.98 Å². The molecule has 0 aromatic carbocycles. The molecule has 0 aliphatic rings. The van der Waals surface area contributed by atoms with Crippen LogP contribution < -0.4 is 5.73 Å². The van der Waals surface area contributed by atoms with Gasteiger partial charge in [0.15, 0.2) is 0 Å². The number of nitrogens with two attached hydrogens (primary N) is 1. The number of imidazole rings is 1. The van der Waals surface area contributed by atoms with E-state index in [1.54, 1.807) is 17.7 Å². The zero-order valence-electron chi connectivity index (χ0n) is 6.69. The summed E-state index contributed by atoms with van der Waals surface area (Å²) in [6.45, 7) is 1.96. The number of aryl methyl sites for hydroxylation is 1. The lowest BCUT2D eigenvalue weighted by atomic mass is 10.5. The summed E-state index contributed by atoms with van der Waals surface area (Å²) >= 11 is 1.61. The van der Waals surface area contributed by atoms with Gasteiger partial charge in [-0.3, -0.25) is 4.57 Å². The van der Waals surface area contributed by atoms with Crippen molar-refractivity contribution in [3.63, 3.8) is 0 Å². The topological polar surface area (TPSA) is 43.8 Å². The lowest BCUT2D eigenvalue weighted by molar-refractivity contribution is 1.09. The van der Waals surface area contributed by atoms with Crippen LogP contribution >= 0.6 is 11.3 Å². The van der Waals surface area contributed by atoms with Gasteiger partial charge in [-0.1, -0.05) is 0 Å². The van der Waals surface area contributed by atoms with Gasteiger partial charge < -0.3 is 5.73 Å². The number of nitrogen functional groups attached to an aromatic ring is 1. The molecular formula is C8H9N3S. The summed E-state index contributed by atoms with van der Waals surface area (Å²) in [4.78, 5) is 4.13. The van der Waals surface area contributed by atoms with Gasteiger partial charge in [0.25, 0.3) is 0 Å². The SMILES string of the molecule is Cc1cn(-c2sccc2N)cn1. The fourth-order valence-electron chi connectivity index (χ4n) is 1.05. The fourth-order valence-corrected chi connectivity index (χ4v) is 1.82. The first kappa shape index (κ1) is 7.36. The molecule has 2 N–H and O–H groups in total. The van der Waals surface area contributed by atoms with Crippen LogP contribution in [-0.2, 0) is 0 Å². The van der Waals surface area contributed by atoms with Crippen molar-refractivity contribution in [2.24, 2.45) is 0 Å². The van der Waals surface area contributed by atoms with E-state index in [0.717, 1.165) is 16.4 Å². The Kier molecular flexibility index (Phi) is 1.62. The molecule has 0 amide bonds. The van der Waals surface area contributed by atoms with Crippen molar-refractivity contribution in [3.8, 4) is 5.00 Å². The zero-order valence-corrected chi connectivity index (χ0v) is 7.51. The van der Waals surface area contributed by atoms with Crippen molar-refractivity contribution in [3.05, 3.63) is 29.7 Å². The first-order chi connectivity index (χ1) is 5.77. The van der Waals surface area contributed by atoms with E-state index in [9.17, 15) is 0 Å². The lowest BCUT2D eigenvalue weighted by Crippen LogP contribution is -1.91. The quantitative estimate of drug-likeness (QED) is 0.725. The van der Waals surface area contributed by atoms with Crippen LogP contribution in [0.2, 0.25) is 0 Å². The average molecular weight is 179 g/mol. The molecule has 4 heteroatoms. The van der Waals surface area contributed by atoms with Crippen LogP contribution in [0.15, 0.2) is 24.0 Å². The highest BCUT2D eigenvalue weighted by Gasteiger charge is 2.02. The summed E-state index contributed by atoms with van der Waals surface area (Å²) < 4.78 is 1.94. The fraction of sp³-hybridized carbons (Fsp3) is 0.125. The summed E-state index contributed by atoms with van der Waals surface area (Å²) in [7, 11) is 0. The Morgan fingerprint density at radius 3 is 2.92 bits per heavy atom. The molecule has 0 atom stereocenters. The van der Waals surface area contributed by atoms with Gasteiger partial charge in [-0.15, -0.1) is 11.3 Å². The van der Waals surface area contributed by atoms with Gasteiger partial charge in [0.05, 0.1) is 11.4 Å². The van der Waals surface area contributed by atoms with Gasteiger partial charge in [0.1, 0.15) is 11.3 Å². The molecule has 0 unspecified atom stereocenters. The third-order valence-electron chi connectivity index (χ3n) is 1.62. The second-order valence-corrected chi connectivity index (χ2v) is 3.50. The minimum Gasteiger partial charge on any atom is -0.396 e. The molecule has 2 aromatic heterocycles. The van der Waals surface area contributed by atoms with Crippen molar-refractivity contribution in [1.29, 1.82) is 0 Å². The van der Waals surface area contributed by atoms with Gasteiger partial charge in [-0.05, 0) is 18.4 Å². The summed E-state index contributed by atoms with van der Waals surface area (Å²) in [5, 5.41) is 3.01. The Morgan fingerprint density at radius 2 is 2.42 bits per heavy atom. The second-order valence-electron chi connectivity index (χ2n) is 2.60. The van der Waals surface area contributed by atoms with Gasteiger partial charge in [0, 0.05) is 6.20 Å². The van der Waals surface area contributed by atoms with Crippen molar-refractivity contribution < 1.29 is 0 Å². The predicted molar refractivity (Wildman–Crippen MR) is 50.6 cm³/mol. The predicted octanol–water partition coefficient (Wildman–Crippen LogP) is 1.82. The molecular weight excluding hydrogens is 170 g/mol. The van der Waals surface area contributed by atoms with Crippen molar-refractivity contribution in [2.45, 2.75) is 6.92 Å². The molecule has 0 aliphatic heterocycles. The Hall–Kier alpha value is -1.29. The maximum absolute atomic E-state index is 5.74. The van der Waals surface area contributed by atoms with Crippen molar-refractivity contribution in [2.75, 3.05) is 5.73 Å². The van der Waals surface area contributed by atoms with E-state index in [1.165, 1.54) is 0 Å². The van der Waals surface area contributed by atoms with E-state index >= 15 is 0 Å². The van der Waals surface area contributed by atoms with Crippen molar-refractivity contribution >= 4 is 17.0 Å². The molecule has 2 aromatic rings. The molecule has 0 saturated carbocycles. The van der Waals surface area contributed by atoms with E-state index in [2.05, 4.69) is 4.98 Å². The van der Waals surface area contributed by atoms with Gasteiger partial charge >= 0.3 is 0 Å². The average Bonchev–Trinajstić information content (AvgIpc) is 2.58. The van der Waals surface area contributed by atoms with Crippen LogP contribution in [0.3, 0.4) is 0 Å². The highest BCUT2D eigenvalue weighted by Crippen LogP contribution is 2.23. The molecule has 0 aliphatic carbocycles. The Bertz CT molecular complexity index is 388. The van der Waals surface area contributed by atoms with Gasteiger partial charge in [-0.2, -0.15) is 0 Å². The molecule has 0 fully saturated rings. The minimum atomic E-state index is 0.803. The normalized spacial score (nSPS) is 10.4. The third kappa shape index (κ3) is 1.10. The van der Waals surface area contributed by atoms with E-state index in [1.807, 2.05) is 29.1 Å². The van der Waals surface area contributed by atoms with Crippen LogP contribution in [0.1, 0.15) is 5.69 Å². The lowest BCUT2D eigenvalue weighted by Gasteiger charge is -1.97. The molecule has 0 radical (unpaired) electrons. The number of hydrogen-bond acceptors (Lipinski definition) is 3. The second kappa shape index (κ2) is 2.64. The van der Waals surface area contributed by atoms with E-state index in [-0.39, 0.29) is 0 Å². The molecule has 0 saturated heterocycles. The van der Waals surface area contributed by atoms with E-state index < -0.39 is 0 Å². The smallest absolute Gasteiger partial charge is 0.124 e. The number of hydrogen-bond donors (Lipinski definition) is 1. The third-order valence-corrected chi connectivity index (χ3v) is 2.56. The number of anilines is 1. The number of nitrogens with zero attached hydrogens (tertiary/aromatic N) is 2. The molecule has 2 rings (SSSR count). The molecule has 62 valence electrons.